The van der Waals surface area contributed by atoms with Crippen molar-refractivity contribution in [2.24, 2.45) is 28.6 Å². The van der Waals surface area contributed by atoms with Crippen LogP contribution in [0.3, 0.4) is 0 Å². The minimum atomic E-state index is -4.21. The van der Waals surface area contributed by atoms with E-state index in [1.54, 1.807) is 0 Å². The highest BCUT2D eigenvalue weighted by molar-refractivity contribution is 5.66. The Labute approximate surface area is 159 Å². The summed E-state index contributed by atoms with van der Waals surface area (Å²) in [4.78, 5) is 11.3. The van der Waals surface area contributed by atoms with Crippen LogP contribution in [0.5, 0.6) is 0 Å². The zero-order chi connectivity index (χ0) is 19.6. The molecular weight excluding hydrogens is 353 g/mol. The molecule has 0 aromatic heterocycles. The second-order valence-corrected chi connectivity index (χ2v) is 9.54. The monoisotopic (exact) mass is 382 g/mol. The summed E-state index contributed by atoms with van der Waals surface area (Å²) >= 11 is 0. The molecule has 2 nitrogen and oxygen atoms in total. The van der Waals surface area contributed by atoms with Gasteiger partial charge < -0.3 is 4.74 Å². The summed E-state index contributed by atoms with van der Waals surface area (Å²) < 4.78 is 46.2. The van der Waals surface area contributed by atoms with Gasteiger partial charge in [-0.25, -0.2) is 0 Å². The van der Waals surface area contributed by atoms with Crippen molar-refractivity contribution in [3.05, 3.63) is 23.3 Å². The van der Waals surface area contributed by atoms with Gasteiger partial charge in [-0.3, -0.25) is 4.79 Å². The van der Waals surface area contributed by atoms with Crippen LogP contribution in [-0.4, -0.2) is 18.2 Å². The summed E-state index contributed by atoms with van der Waals surface area (Å²) in [6, 6.07) is 0. The Kier molecular flexibility index (Phi) is 4.32. The van der Waals surface area contributed by atoms with Crippen LogP contribution in [0.2, 0.25) is 0 Å². The number of carbonyl (C=O) groups is 1. The quantitative estimate of drug-likeness (QED) is 0.412. The first-order valence-corrected chi connectivity index (χ1v) is 10.2. The van der Waals surface area contributed by atoms with Crippen molar-refractivity contribution in [1.29, 1.82) is 0 Å². The summed E-state index contributed by atoms with van der Waals surface area (Å²) in [5.41, 5.74) is 0.404. The van der Waals surface area contributed by atoms with Crippen molar-refractivity contribution in [3.63, 3.8) is 0 Å². The molecule has 0 aromatic rings. The maximum atomic E-state index is 13.6. The van der Waals surface area contributed by atoms with Gasteiger partial charge in [-0.15, -0.1) is 0 Å². The highest BCUT2D eigenvalue weighted by Crippen LogP contribution is 2.66. The molecule has 0 bridgehead atoms. The molecule has 0 spiro atoms. The smallest absolute Gasteiger partial charge is 0.412 e. The third kappa shape index (κ3) is 2.87. The van der Waals surface area contributed by atoms with Crippen LogP contribution in [0, 0.1) is 28.6 Å². The molecule has 4 aliphatic rings. The number of alkyl halides is 3. The van der Waals surface area contributed by atoms with Gasteiger partial charge in [0.05, 0.1) is 0 Å². The number of esters is 1. The lowest BCUT2D eigenvalue weighted by molar-refractivity contribution is -0.149. The number of hydrogen-bond donors (Lipinski definition) is 0. The van der Waals surface area contributed by atoms with Crippen molar-refractivity contribution in [2.45, 2.75) is 78.0 Å². The van der Waals surface area contributed by atoms with E-state index >= 15 is 0 Å². The number of allylic oxidation sites excluding steroid dienone is 3. The van der Waals surface area contributed by atoms with E-state index in [0.29, 0.717) is 24.7 Å². The van der Waals surface area contributed by atoms with Crippen molar-refractivity contribution >= 4 is 5.97 Å². The molecule has 4 aliphatic carbocycles. The summed E-state index contributed by atoms with van der Waals surface area (Å²) in [6.07, 6.45) is 5.00. The van der Waals surface area contributed by atoms with Crippen LogP contribution < -0.4 is 0 Å². The lowest BCUT2D eigenvalue weighted by atomic mass is 9.47. The van der Waals surface area contributed by atoms with Gasteiger partial charge >= 0.3 is 12.1 Å². The predicted molar refractivity (Wildman–Crippen MR) is 96.8 cm³/mol. The molecule has 27 heavy (non-hydrogen) atoms. The maximum Gasteiger partial charge on any atom is 0.412 e. The molecule has 6 atom stereocenters. The highest BCUT2D eigenvalue weighted by Gasteiger charge is 2.60. The number of hydrogen-bond acceptors (Lipinski definition) is 2. The van der Waals surface area contributed by atoms with Gasteiger partial charge in [0.15, 0.2) is 0 Å². The summed E-state index contributed by atoms with van der Waals surface area (Å²) in [5, 5.41) is 0. The van der Waals surface area contributed by atoms with Gasteiger partial charge in [0.2, 0.25) is 0 Å². The second kappa shape index (κ2) is 6.12. The second-order valence-electron chi connectivity index (χ2n) is 9.54. The van der Waals surface area contributed by atoms with Crippen molar-refractivity contribution in [1.82, 2.24) is 0 Å². The summed E-state index contributed by atoms with van der Waals surface area (Å²) in [6.45, 7) is 5.60. The lowest BCUT2D eigenvalue weighted by Crippen LogP contribution is -2.51. The van der Waals surface area contributed by atoms with Gasteiger partial charge in [0.25, 0.3) is 0 Å². The average molecular weight is 382 g/mol. The minimum absolute atomic E-state index is 0.0435. The molecular formula is C22H29F3O2. The van der Waals surface area contributed by atoms with E-state index in [1.165, 1.54) is 18.6 Å². The van der Waals surface area contributed by atoms with Crippen LogP contribution in [0.25, 0.3) is 0 Å². The van der Waals surface area contributed by atoms with Gasteiger partial charge in [-0.2, -0.15) is 13.2 Å². The fourth-order valence-electron chi connectivity index (χ4n) is 6.97. The number of rotatable bonds is 1. The van der Waals surface area contributed by atoms with Crippen LogP contribution in [0.1, 0.15) is 65.7 Å². The molecule has 0 radical (unpaired) electrons. The molecule has 5 heteroatoms. The molecule has 3 unspecified atom stereocenters. The summed E-state index contributed by atoms with van der Waals surface area (Å²) in [5.74, 6) is 0.616. The minimum Gasteiger partial charge on any atom is -0.462 e. The molecule has 0 saturated heterocycles. The van der Waals surface area contributed by atoms with Gasteiger partial charge in [0, 0.05) is 24.3 Å². The van der Waals surface area contributed by atoms with Gasteiger partial charge in [-0.05, 0) is 61.7 Å². The molecule has 0 aliphatic heterocycles. The third-order valence-electron chi connectivity index (χ3n) is 8.28. The zero-order valence-electron chi connectivity index (χ0n) is 16.4. The van der Waals surface area contributed by atoms with E-state index in [2.05, 4.69) is 13.0 Å². The Morgan fingerprint density at radius 3 is 2.44 bits per heavy atom. The number of ether oxygens (including phenoxy) is 1. The van der Waals surface area contributed by atoms with E-state index in [0.717, 1.165) is 32.1 Å². The van der Waals surface area contributed by atoms with Gasteiger partial charge in [-0.1, -0.05) is 31.6 Å². The van der Waals surface area contributed by atoms with E-state index < -0.39 is 11.6 Å². The predicted octanol–water partition coefficient (Wildman–Crippen LogP) is 5.98. The van der Waals surface area contributed by atoms with Crippen LogP contribution in [0.15, 0.2) is 23.3 Å². The SMILES string of the molecule is CC(=O)O[C@H]1CC[C@@]2(C)C(=CCC3C2CC[C@]2(C)C(C(F)(F)F)=CCC32)C1. The Morgan fingerprint density at radius 1 is 1.07 bits per heavy atom. The van der Waals surface area contributed by atoms with Crippen LogP contribution in [-0.2, 0) is 9.53 Å². The number of carbonyl (C=O) groups excluding carboxylic acids is 1. The molecule has 2 fully saturated rings. The number of halogens is 3. The van der Waals surface area contributed by atoms with E-state index in [-0.39, 0.29) is 29.0 Å². The molecule has 0 amide bonds. The first-order chi connectivity index (χ1) is 12.6. The Hall–Kier alpha value is -1.26. The highest BCUT2D eigenvalue weighted by atomic mass is 19.4. The van der Waals surface area contributed by atoms with Gasteiger partial charge in [0.1, 0.15) is 6.10 Å². The topological polar surface area (TPSA) is 26.3 Å². The zero-order valence-corrected chi connectivity index (χ0v) is 16.4. The number of fused-ring (bicyclic) bond motifs is 5. The largest absolute Gasteiger partial charge is 0.462 e. The standard InChI is InChI=1S/C22H29F3O2/c1-13(26)27-15-8-10-20(2)14(12-15)4-5-16-17-6-7-19(22(23,24)25)21(17,3)11-9-18(16)20/h4,7,15-18H,5-6,8-12H2,1-3H3/t15-,16?,17?,18?,20-,21-/m0/s1. The fraction of sp³-hybridized carbons (Fsp3) is 0.773. The Balaban J connectivity index is 1.59. The molecule has 0 heterocycles. The summed E-state index contributed by atoms with van der Waals surface area (Å²) in [7, 11) is 0. The van der Waals surface area contributed by atoms with E-state index in [9.17, 15) is 18.0 Å². The fourth-order valence-corrected chi connectivity index (χ4v) is 6.97. The van der Waals surface area contributed by atoms with E-state index in [4.69, 9.17) is 4.74 Å². The van der Waals surface area contributed by atoms with Crippen molar-refractivity contribution in [3.8, 4) is 0 Å². The molecule has 0 N–H and O–H groups in total. The van der Waals surface area contributed by atoms with Crippen molar-refractivity contribution < 1.29 is 22.7 Å². The maximum absolute atomic E-state index is 13.6. The molecule has 2 saturated carbocycles. The third-order valence-corrected chi connectivity index (χ3v) is 8.28. The lowest BCUT2D eigenvalue weighted by Gasteiger charge is -2.57. The molecule has 4 rings (SSSR count). The average Bonchev–Trinajstić information content (AvgIpc) is 2.92. The van der Waals surface area contributed by atoms with Crippen LogP contribution >= 0.6 is 0 Å². The van der Waals surface area contributed by atoms with E-state index in [1.807, 2.05) is 6.92 Å². The van der Waals surface area contributed by atoms with Crippen molar-refractivity contribution in [2.75, 3.05) is 0 Å². The Morgan fingerprint density at radius 2 is 1.78 bits per heavy atom. The van der Waals surface area contributed by atoms with Crippen LogP contribution in [0.4, 0.5) is 13.2 Å². The first kappa shape index (κ1) is 19.1. The Bertz CT molecular complexity index is 707. The molecule has 150 valence electrons. The molecule has 0 aromatic carbocycles. The first-order valence-electron chi connectivity index (χ1n) is 10.2. The normalized spacial score (nSPS) is 43.8.